The number of amides is 1. The van der Waals surface area contributed by atoms with Crippen LogP contribution in [0, 0.1) is 0 Å². The van der Waals surface area contributed by atoms with Crippen LogP contribution in [0.1, 0.15) is 22.3 Å². The molecule has 0 radical (unpaired) electrons. The summed E-state index contributed by atoms with van der Waals surface area (Å²) < 4.78 is 1.59. The van der Waals surface area contributed by atoms with E-state index in [0.29, 0.717) is 25.9 Å². The molecule has 0 saturated carbocycles. The Morgan fingerprint density at radius 3 is 2.90 bits per heavy atom. The van der Waals surface area contributed by atoms with Gasteiger partial charge in [0, 0.05) is 13.0 Å². The molecule has 110 valence electrons. The van der Waals surface area contributed by atoms with Crippen LogP contribution in [0.3, 0.4) is 0 Å². The van der Waals surface area contributed by atoms with Crippen molar-refractivity contribution in [1.82, 2.24) is 20.1 Å². The monoisotopic (exact) mass is 288 g/mol. The van der Waals surface area contributed by atoms with E-state index in [2.05, 4.69) is 15.4 Å². The van der Waals surface area contributed by atoms with Gasteiger partial charge in [-0.05, 0) is 24.1 Å². The fraction of sp³-hybridized carbons (Fsp3) is 0.286. The number of nitrogens with one attached hydrogen (secondary N) is 1. The highest BCUT2D eigenvalue weighted by Gasteiger charge is 2.05. The van der Waals surface area contributed by atoms with Gasteiger partial charge in [0.05, 0.1) is 12.1 Å². The van der Waals surface area contributed by atoms with Gasteiger partial charge in [0.15, 0.2) is 0 Å². The second-order valence-corrected chi connectivity index (χ2v) is 4.51. The number of aromatic carboxylic acids is 1. The Morgan fingerprint density at radius 2 is 2.19 bits per heavy atom. The van der Waals surface area contributed by atoms with Gasteiger partial charge in [-0.1, -0.05) is 12.1 Å². The third-order valence-corrected chi connectivity index (χ3v) is 2.94. The molecule has 0 bridgehead atoms. The zero-order valence-electron chi connectivity index (χ0n) is 11.4. The SMILES string of the molecule is O=C(CCn1cncn1)NCCc1cccc(C(=O)O)c1. The van der Waals surface area contributed by atoms with E-state index in [9.17, 15) is 9.59 Å². The third-order valence-electron chi connectivity index (χ3n) is 2.94. The van der Waals surface area contributed by atoms with Gasteiger partial charge in [0.2, 0.25) is 5.91 Å². The Kier molecular flexibility index (Phi) is 5.03. The predicted molar refractivity (Wildman–Crippen MR) is 74.8 cm³/mol. The molecule has 0 aliphatic rings. The molecular weight excluding hydrogens is 272 g/mol. The van der Waals surface area contributed by atoms with E-state index < -0.39 is 5.97 Å². The summed E-state index contributed by atoms with van der Waals surface area (Å²) in [6, 6.07) is 6.70. The standard InChI is InChI=1S/C14H16N4O3/c19-13(5-7-18-10-15-9-17-18)16-6-4-11-2-1-3-12(8-11)14(20)21/h1-3,8-10H,4-7H2,(H,16,19)(H,20,21). The molecule has 2 N–H and O–H groups in total. The Labute approximate surface area is 121 Å². The molecule has 2 rings (SSSR count). The first-order valence-electron chi connectivity index (χ1n) is 6.56. The van der Waals surface area contributed by atoms with Crippen molar-refractivity contribution in [2.45, 2.75) is 19.4 Å². The molecule has 0 atom stereocenters. The number of rotatable bonds is 7. The van der Waals surface area contributed by atoms with Crippen molar-refractivity contribution < 1.29 is 14.7 Å². The summed E-state index contributed by atoms with van der Waals surface area (Å²) in [4.78, 5) is 26.3. The van der Waals surface area contributed by atoms with Crippen LogP contribution in [0.4, 0.5) is 0 Å². The van der Waals surface area contributed by atoms with E-state index >= 15 is 0 Å². The van der Waals surface area contributed by atoms with Gasteiger partial charge in [-0.15, -0.1) is 0 Å². The lowest BCUT2D eigenvalue weighted by molar-refractivity contribution is -0.121. The number of carbonyl (C=O) groups excluding carboxylic acids is 1. The Morgan fingerprint density at radius 1 is 1.33 bits per heavy atom. The maximum Gasteiger partial charge on any atom is 0.335 e. The predicted octanol–water partition coefficient (Wildman–Crippen LogP) is 0.725. The fourth-order valence-electron chi connectivity index (χ4n) is 1.86. The number of carboxylic acids is 1. The molecule has 21 heavy (non-hydrogen) atoms. The van der Waals surface area contributed by atoms with E-state index in [4.69, 9.17) is 5.11 Å². The van der Waals surface area contributed by atoms with Gasteiger partial charge >= 0.3 is 5.97 Å². The largest absolute Gasteiger partial charge is 0.478 e. The van der Waals surface area contributed by atoms with Crippen LogP contribution in [-0.4, -0.2) is 38.3 Å². The van der Waals surface area contributed by atoms with Crippen LogP contribution in [0.5, 0.6) is 0 Å². The van der Waals surface area contributed by atoms with Crippen molar-refractivity contribution in [3.05, 3.63) is 48.0 Å². The lowest BCUT2D eigenvalue weighted by Crippen LogP contribution is -2.26. The fourth-order valence-corrected chi connectivity index (χ4v) is 1.86. The van der Waals surface area contributed by atoms with Crippen LogP contribution in [0.25, 0.3) is 0 Å². The topological polar surface area (TPSA) is 97.1 Å². The first kappa shape index (κ1) is 14.7. The minimum absolute atomic E-state index is 0.0695. The summed E-state index contributed by atoms with van der Waals surface area (Å²) >= 11 is 0. The average molecular weight is 288 g/mol. The minimum Gasteiger partial charge on any atom is -0.478 e. The van der Waals surface area contributed by atoms with Gasteiger partial charge in [-0.2, -0.15) is 5.10 Å². The van der Waals surface area contributed by atoms with Crippen molar-refractivity contribution in [3.63, 3.8) is 0 Å². The molecule has 0 unspecified atom stereocenters. The van der Waals surface area contributed by atoms with Gasteiger partial charge in [-0.3, -0.25) is 9.48 Å². The molecule has 0 fully saturated rings. The number of aryl methyl sites for hydroxylation is 1. The van der Waals surface area contributed by atoms with Crippen molar-refractivity contribution in [2.75, 3.05) is 6.54 Å². The Hall–Kier alpha value is -2.70. The lowest BCUT2D eigenvalue weighted by atomic mass is 10.1. The highest BCUT2D eigenvalue weighted by molar-refractivity contribution is 5.87. The molecule has 1 aromatic heterocycles. The van der Waals surface area contributed by atoms with Crippen molar-refractivity contribution in [2.24, 2.45) is 0 Å². The number of nitrogens with zero attached hydrogens (tertiary/aromatic N) is 3. The van der Waals surface area contributed by atoms with Gasteiger partial charge in [0.1, 0.15) is 12.7 Å². The lowest BCUT2D eigenvalue weighted by Gasteiger charge is -2.06. The van der Waals surface area contributed by atoms with Crippen molar-refractivity contribution in [3.8, 4) is 0 Å². The number of hydrogen-bond acceptors (Lipinski definition) is 4. The van der Waals surface area contributed by atoms with Crippen molar-refractivity contribution >= 4 is 11.9 Å². The minimum atomic E-state index is -0.950. The number of benzene rings is 1. The average Bonchev–Trinajstić information content (AvgIpc) is 2.99. The summed E-state index contributed by atoms with van der Waals surface area (Å²) in [6.07, 6.45) is 3.91. The number of aromatic nitrogens is 3. The molecule has 0 aliphatic heterocycles. The smallest absolute Gasteiger partial charge is 0.335 e. The summed E-state index contributed by atoms with van der Waals surface area (Å²) in [5.41, 5.74) is 1.14. The Balaban J connectivity index is 1.72. The first-order chi connectivity index (χ1) is 10.1. The van der Waals surface area contributed by atoms with Crippen LogP contribution in [0.2, 0.25) is 0 Å². The summed E-state index contributed by atoms with van der Waals surface area (Å²) in [5.74, 6) is -1.02. The molecule has 1 aromatic carbocycles. The summed E-state index contributed by atoms with van der Waals surface area (Å²) in [7, 11) is 0. The summed E-state index contributed by atoms with van der Waals surface area (Å²) in [6.45, 7) is 0.958. The maximum atomic E-state index is 11.6. The van der Waals surface area contributed by atoms with Crippen LogP contribution >= 0.6 is 0 Å². The van der Waals surface area contributed by atoms with Crippen molar-refractivity contribution in [1.29, 1.82) is 0 Å². The van der Waals surface area contributed by atoms with Gasteiger partial charge in [-0.25, -0.2) is 9.78 Å². The van der Waals surface area contributed by atoms with Gasteiger partial charge in [0.25, 0.3) is 0 Å². The quantitative estimate of drug-likeness (QED) is 0.782. The molecule has 0 saturated heterocycles. The van der Waals surface area contributed by atoms with Crippen LogP contribution in [0.15, 0.2) is 36.9 Å². The van der Waals surface area contributed by atoms with E-state index in [1.165, 1.54) is 6.33 Å². The van der Waals surface area contributed by atoms with E-state index in [1.807, 2.05) is 6.07 Å². The maximum absolute atomic E-state index is 11.6. The normalized spacial score (nSPS) is 10.3. The molecule has 7 heteroatoms. The zero-order chi connectivity index (χ0) is 15.1. The second-order valence-electron chi connectivity index (χ2n) is 4.51. The first-order valence-corrected chi connectivity index (χ1v) is 6.56. The molecule has 7 nitrogen and oxygen atoms in total. The highest BCUT2D eigenvalue weighted by Crippen LogP contribution is 2.05. The number of hydrogen-bond donors (Lipinski definition) is 2. The molecule has 2 aromatic rings. The molecule has 1 heterocycles. The Bertz CT molecular complexity index is 610. The zero-order valence-corrected chi connectivity index (χ0v) is 11.4. The molecule has 1 amide bonds. The highest BCUT2D eigenvalue weighted by atomic mass is 16.4. The van der Waals surface area contributed by atoms with Gasteiger partial charge < -0.3 is 10.4 Å². The molecular formula is C14H16N4O3. The molecule has 0 aliphatic carbocycles. The van der Waals surface area contributed by atoms with E-state index in [0.717, 1.165) is 5.56 Å². The van der Waals surface area contributed by atoms with Crippen LogP contribution in [-0.2, 0) is 17.8 Å². The third kappa shape index (κ3) is 4.72. The number of carbonyl (C=O) groups is 2. The van der Waals surface area contributed by atoms with E-state index in [-0.39, 0.29) is 11.5 Å². The van der Waals surface area contributed by atoms with E-state index in [1.54, 1.807) is 29.2 Å². The summed E-state index contributed by atoms with van der Waals surface area (Å²) in [5, 5.41) is 15.6. The van der Waals surface area contributed by atoms with Crippen LogP contribution < -0.4 is 5.32 Å². The molecule has 0 spiro atoms. The second kappa shape index (κ2) is 7.18. The number of carboxylic acid groups (broad SMARTS) is 1.